The molecule has 100 valence electrons. The summed E-state index contributed by atoms with van der Waals surface area (Å²) in [4.78, 5) is 12.5. The molecule has 0 spiro atoms. The summed E-state index contributed by atoms with van der Waals surface area (Å²) in [5.41, 5.74) is 9.90. The lowest BCUT2D eigenvalue weighted by atomic mass is 9.96. The topological polar surface area (TPSA) is 48.0 Å². The number of nitrogens with two attached hydrogens (primary N) is 1. The summed E-state index contributed by atoms with van der Waals surface area (Å²) in [6.45, 7) is 6.54. The van der Waals surface area contributed by atoms with Gasteiger partial charge in [0.05, 0.1) is 6.04 Å². The van der Waals surface area contributed by atoms with Crippen molar-refractivity contribution in [3.05, 3.63) is 69.1 Å². The van der Waals surface area contributed by atoms with Gasteiger partial charge in [0.2, 0.25) is 0 Å². The highest BCUT2D eigenvalue weighted by Crippen LogP contribution is 2.20. The van der Waals surface area contributed by atoms with E-state index < -0.39 is 0 Å². The van der Waals surface area contributed by atoms with E-state index in [-0.39, 0.29) is 11.6 Å². The highest BCUT2D eigenvalue weighted by Gasteiger charge is 2.17. The first-order valence-corrected chi connectivity index (χ1v) is 6.57. The third-order valence-corrected chi connectivity index (χ3v) is 3.54. The molecule has 1 atom stereocenters. The molecule has 3 heteroatoms. The lowest BCUT2D eigenvalue weighted by Gasteiger charge is -2.18. The van der Waals surface area contributed by atoms with Crippen LogP contribution in [0.5, 0.6) is 0 Å². The van der Waals surface area contributed by atoms with Crippen molar-refractivity contribution >= 4 is 0 Å². The second-order valence-corrected chi connectivity index (χ2v) is 4.82. The smallest absolute Gasteiger partial charge is 0.256 e. The lowest BCUT2D eigenvalue weighted by molar-refractivity contribution is 0.674. The molecule has 2 aromatic rings. The normalized spacial score (nSPS) is 12.4. The molecule has 0 aliphatic rings. The van der Waals surface area contributed by atoms with Gasteiger partial charge in [-0.25, -0.2) is 0 Å². The Morgan fingerprint density at radius 3 is 2.42 bits per heavy atom. The molecular weight excluding hydrogens is 236 g/mol. The van der Waals surface area contributed by atoms with E-state index in [4.69, 9.17) is 5.73 Å². The molecule has 1 aromatic carbocycles. The number of pyridine rings is 1. The van der Waals surface area contributed by atoms with Crippen molar-refractivity contribution in [1.82, 2.24) is 4.57 Å². The Hall–Kier alpha value is -1.87. The van der Waals surface area contributed by atoms with Gasteiger partial charge in [-0.1, -0.05) is 30.3 Å². The molecule has 1 aromatic heterocycles. The number of hydrogen-bond acceptors (Lipinski definition) is 2. The van der Waals surface area contributed by atoms with Crippen LogP contribution in [0.1, 0.15) is 35.3 Å². The van der Waals surface area contributed by atoms with Crippen molar-refractivity contribution in [1.29, 1.82) is 0 Å². The third-order valence-electron chi connectivity index (χ3n) is 3.54. The van der Waals surface area contributed by atoms with Gasteiger partial charge in [-0.15, -0.1) is 0 Å². The Balaban J connectivity index is 2.60. The summed E-state index contributed by atoms with van der Waals surface area (Å²) in [6.07, 6.45) is 0. The van der Waals surface area contributed by atoms with Crippen LogP contribution < -0.4 is 11.3 Å². The zero-order valence-electron chi connectivity index (χ0n) is 11.7. The molecule has 0 fully saturated rings. The van der Waals surface area contributed by atoms with Crippen LogP contribution in [0.3, 0.4) is 0 Å². The van der Waals surface area contributed by atoms with Crippen LogP contribution in [-0.4, -0.2) is 4.57 Å². The van der Waals surface area contributed by atoms with Crippen LogP contribution in [0, 0.1) is 13.8 Å². The van der Waals surface area contributed by atoms with E-state index in [1.165, 1.54) is 0 Å². The molecule has 3 nitrogen and oxygen atoms in total. The zero-order chi connectivity index (χ0) is 14.0. The van der Waals surface area contributed by atoms with Crippen molar-refractivity contribution in [3.63, 3.8) is 0 Å². The van der Waals surface area contributed by atoms with Crippen LogP contribution in [0.15, 0.2) is 41.2 Å². The van der Waals surface area contributed by atoms with Crippen LogP contribution in [0.25, 0.3) is 0 Å². The fourth-order valence-electron chi connectivity index (χ4n) is 2.54. The second-order valence-electron chi connectivity index (χ2n) is 4.82. The molecular formula is C16H20N2O. The number of nitrogens with zero attached hydrogens (tertiary/aromatic N) is 1. The highest BCUT2D eigenvalue weighted by atomic mass is 16.1. The van der Waals surface area contributed by atoms with E-state index in [0.717, 1.165) is 16.8 Å². The third kappa shape index (κ3) is 2.47. The molecule has 0 bridgehead atoms. The molecule has 1 heterocycles. The van der Waals surface area contributed by atoms with E-state index in [1.54, 1.807) is 4.57 Å². The monoisotopic (exact) mass is 256 g/mol. The van der Waals surface area contributed by atoms with Crippen molar-refractivity contribution < 1.29 is 0 Å². The predicted molar refractivity (Wildman–Crippen MR) is 78.3 cm³/mol. The van der Waals surface area contributed by atoms with Gasteiger partial charge in [0.25, 0.3) is 5.56 Å². The number of hydrogen-bond donors (Lipinski definition) is 1. The molecule has 0 radical (unpaired) electrons. The Labute approximate surface area is 113 Å². The van der Waals surface area contributed by atoms with Crippen molar-refractivity contribution in [3.8, 4) is 0 Å². The summed E-state index contributed by atoms with van der Waals surface area (Å²) in [6, 6.07) is 11.4. The number of rotatable bonds is 3. The van der Waals surface area contributed by atoms with Crippen LogP contribution in [0.2, 0.25) is 0 Å². The molecule has 2 rings (SSSR count). The average molecular weight is 256 g/mol. The molecule has 19 heavy (non-hydrogen) atoms. The van der Waals surface area contributed by atoms with E-state index in [9.17, 15) is 4.79 Å². The molecule has 0 aliphatic carbocycles. The van der Waals surface area contributed by atoms with Gasteiger partial charge in [-0.2, -0.15) is 0 Å². The Morgan fingerprint density at radius 1 is 1.21 bits per heavy atom. The first-order valence-electron chi connectivity index (χ1n) is 6.57. The maximum atomic E-state index is 12.5. The van der Waals surface area contributed by atoms with Gasteiger partial charge in [-0.05, 0) is 38.0 Å². The molecule has 2 N–H and O–H groups in total. The molecule has 0 saturated carbocycles. The van der Waals surface area contributed by atoms with Crippen LogP contribution in [-0.2, 0) is 6.54 Å². The first kappa shape index (κ1) is 13.6. The number of benzene rings is 1. The van der Waals surface area contributed by atoms with Gasteiger partial charge in [0, 0.05) is 17.8 Å². The summed E-state index contributed by atoms with van der Waals surface area (Å²) < 4.78 is 1.77. The lowest BCUT2D eigenvalue weighted by Crippen LogP contribution is -2.31. The maximum Gasteiger partial charge on any atom is 0.256 e. The maximum absolute atomic E-state index is 12.5. The van der Waals surface area contributed by atoms with Gasteiger partial charge >= 0.3 is 0 Å². The van der Waals surface area contributed by atoms with Crippen molar-refractivity contribution in [2.24, 2.45) is 5.73 Å². The van der Waals surface area contributed by atoms with E-state index in [1.807, 2.05) is 57.2 Å². The second kappa shape index (κ2) is 5.41. The SMILES string of the molecule is CCn1c(C)cc(C)c(C(N)c2ccccc2)c1=O. The standard InChI is InChI=1S/C16H20N2O/c1-4-18-12(3)10-11(2)14(16(18)19)15(17)13-8-6-5-7-9-13/h5-10,15H,4,17H2,1-3H3. The molecule has 0 saturated heterocycles. The van der Waals surface area contributed by atoms with Gasteiger partial charge in [0.15, 0.2) is 0 Å². The predicted octanol–water partition coefficient (Wildman–Crippen LogP) is 2.53. The quantitative estimate of drug-likeness (QED) is 0.917. The highest BCUT2D eigenvalue weighted by molar-refractivity contribution is 5.36. The minimum absolute atomic E-state index is 0.0244. The van der Waals surface area contributed by atoms with Crippen LogP contribution in [0.4, 0.5) is 0 Å². The number of aryl methyl sites for hydroxylation is 2. The Kier molecular flexibility index (Phi) is 3.86. The fraction of sp³-hybridized carbons (Fsp3) is 0.312. The van der Waals surface area contributed by atoms with Gasteiger partial charge in [-0.3, -0.25) is 4.79 Å². The van der Waals surface area contributed by atoms with Crippen molar-refractivity contribution in [2.75, 3.05) is 0 Å². The van der Waals surface area contributed by atoms with Crippen molar-refractivity contribution in [2.45, 2.75) is 33.4 Å². The average Bonchev–Trinajstić information content (AvgIpc) is 2.39. The first-order chi connectivity index (χ1) is 9.06. The summed E-state index contributed by atoms with van der Waals surface area (Å²) >= 11 is 0. The summed E-state index contributed by atoms with van der Waals surface area (Å²) in [7, 11) is 0. The van der Waals surface area contributed by atoms with Gasteiger partial charge < -0.3 is 10.3 Å². The fourth-order valence-corrected chi connectivity index (χ4v) is 2.54. The molecule has 0 amide bonds. The Morgan fingerprint density at radius 2 is 1.84 bits per heavy atom. The summed E-state index contributed by atoms with van der Waals surface area (Å²) in [5, 5.41) is 0. The number of aromatic nitrogens is 1. The summed E-state index contributed by atoms with van der Waals surface area (Å²) in [5.74, 6) is 0. The molecule has 0 aliphatic heterocycles. The van der Waals surface area contributed by atoms with E-state index in [0.29, 0.717) is 12.1 Å². The van der Waals surface area contributed by atoms with Crippen LogP contribution >= 0.6 is 0 Å². The minimum Gasteiger partial charge on any atom is -0.320 e. The van der Waals surface area contributed by atoms with Gasteiger partial charge in [0.1, 0.15) is 0 Å². The van der Waals surface area contributed by atoms with E-state index >= 15 is 0 Å². The minimum atomic E-state index is -0.368. The molecule has 1 unspecified atom stereocenters. The van der Waals surface area contributed by atoms with E-state index in [2.05, 4.69) is 0 Å². The Bertz CT molecular complexity index is 629. The zero-order valence-corrected chi connectivity index (χ0v) is 11.7. The largest absolute Gasteiger partial charge is 0.320 e.